The van der Waals surface area contributed by atoms with Crippen LogP contribution in [0.5, 0.6) is 0 Å². The Hall–Kier alpha value is -1.11. The van der Waals surface area contributed by atoms with Crippen LogP contribution < -0.4 is 10.0 Å². The first-order valence-corrected chi connectivity index (χ1v) is 9.11. The van der Waals surface area contributed by atoms with Gasteiger partial charge in [-0.3, -0.25) is 4.79 Å². The van der Waals surface area contributed by atoms with Crippen molar-refractivity contribution in [2.45, 2.75) is 36.6 Å². The number of aliphatic hydroxyl groups excluding tert-OH is 1. The molecule has 0 heterocycles. The highest BCUT2D eigenvalue weighted by atomic mass is 35.5. The maximum Gasteiger partial charge on any atom is 0.426 e. The summed E-state index contributed by atoms with van der Waals surface area (Å²) in [6.45, 7) is 1.27. The minimum Gasteiger partial charge on any atom is -0.392 e. The lowest BCUT2D eigenvalue weighted by atomic mass is 10.1. The zero-order valence-electron chi connectivity index (χ0n) is 13.4. The van der Waals surface area contributed by atoms with Crippen molar-refractivity contribution in [2.24, 2.45) is 0 Å². The Balaban J connectivity index is 3.17. The van der Waals surface area contributed by atoms with Gasteiger partial charge >= 0.3 is 6.18 Å². The zero-order valence-corrected chi connectivity index (χ0v) is 15.7. The molecule has 0 unspecified atom stereocenters. The van der Waals surface area contributed by atoms with Crippen LogP contribution in [-0.4, -0.2) is 49.0 Å². The fourth-order valence-corrected chi connectivity index (χ4v) is 3.46. The van der Waals surface area contributed by atoms with Gasteiger partial charge in [-0.05, 0) is 26.0 Å². The van der Waals surface area contributed by atoms with Crippen molar-refractivity contribution in [2.75, 3.05) is 11.9 Å². The lowest BCUT2D eigenvalue weighted by Gasteiger charge is -2.25. The molecule has 1 aromatic rings. The number of rotatable bonds is 6. The van der Waals surface area contributed by atoms with Crippen molar-refractivity contribution in [3.63, 3.8) is 0 Å². The summed E-state index contributed by atoms with van der Waals surface area (Å²) in [5, 5.41) is 19.1. The van der Waals surface area contributed by atoms with Crippen LogP contribution in [0.2, 0.25) is 10.0 Å². The van der Waals surface area contributed by atoms with E-state index < -0.39 is 54.4 Å². The molecular weight excluding hydrogens is 424 g/mol. The van der Waals surface area contributed by atoms with Gasteiger partial charge in [0.2, 0.25) is 15.6 Å². The monoisotopic (exact) mass is 438 g/mol. The second-order valence-electron chi connectivity index (χ2n) is 5.46. The van der Waals surface area contributed by atoms with Crippen molar-refractivity contribution >= 4 is 44.8 Å². The van der Waals surface area contributed by atoms with Crippen LogP contribution in [0.25, 0.3) is 0 Å². The van der Waals surface area contributed by atoms with Crippen LogP contribution in [0.15, 0.2) is 17.0 Å². The lowest BCUT2D eigenvalue weighted by Crippen LogP contribution is -2.52. The molecule has 0 aliphatic carbocycles. The summed E-state index contributed by atoms with van der Waals surface area (Å²) in [6, 6.07) is 1.81. The van der Waals surface area contributed by atoms with Gasteiger partial charge in [0.05, 0.1) is 21.8 Å². The van der Waals surface area contributed by atoms with Gasteiger partial charge in [0, 0.05) is 6.54 Å². The van der Waals surface area contributed by atoms with E-state index in [-0.39, 0.29) is 13.5 Å². The molecule has 0 fully saturated rings. The molecule has 4 N–H and O–H groups in total. The summed E-state index contributed by atoms with van der Waals surface area (Å²) >= 11 is 11.7. The molecule has 2 atom stereocenters. The van der Waals surface area contributed by atoms with Crippen LogP contribution in [0.3, 0.4) is 0 Å². The van der Waals surface area contributed by atoms with Crippen LogP contribution in [-0.2, 0) is 14.8 Å². The van der Waals surface area contributed by atoms with Crippen molar-refractivity contribution in [3.8, 4) is 0 Å². The van der Waals surface area contributed by atoms with E-state index in [1.165, 1.54) is 6.92 Å². The number of aliphatic hydroxyl groups is 2. The quantitative estimate of drug-likeness (QED) is 0.541. The molecule has 0 bridgehead atoms. The minimum atomic E-state index is -5.25. The lowest BCUT2D eigenvalue weighted by molar-refractivity contribution is -0.242. The molecule has 1 rings (SSSR count). The molecule has 1 aromatic carbocycles. The number of anilines is 1. The van der Waals surface area contributed by atoms with Gasteiger partial charge in [0.25, 0.3) is 5.91 Å². The number of amides is 1. The number of halogens is 5. The molecule has 13 heteroatoms. The SMILES string of the molecule is C[C@@H](O)CNS(=O)(=O)c1ccc(NC(=O)[C@@](C)(O)C(F)(F)F)c(Cl)c1Cl. The maximum atomic E-state index is 12.7. The van der Waals surface area contributed by atoms with Crippen molar-refractivity contribution < 1.29 is 36.6 Å². The molecular formula is C13H15Cl2F3N2O5S. The second kappa shape index (κ2) is 7.87. The fraction of sp³-hybridized carbons (Fsp3) is 0.462. The summed E-state index contributed by atoms with van der Waals surface area (Å²) in [6.07, 6.45) is -6.23. The van der Waals surface area contributed by atoms with E-state index in [4.69, 9.17) is 28.3 Å². The van der Waals surface area contributed by atoms with Gasteiger partial charge in [-0.1, -0.05) is 23.2 Å². The third kappa shape index (κ3) is 4.99. The highest BCUT2D eigenvalue weighted by Crippen LogP contribution is 2.37. The first-order valence-electron chi connectivity index (χ1n) is 6.87. The maximum absolute atomic E-state index is 12.7. The molecule has 1 amide bonds. The summed E-state index contributed by atoms with van der Waals surface area (Å²) in [4.78, 5) is 11.2. The Kier molecular flexibility index (Phi) is 6.94. The highest BCUT2D eigenvalue weighted by Gasteiger charge is 2.55. The summed E-state index contributed by atoms with van der Waals surface area (Å²) in [5.41, 5.74) is -4.13. The molecule has 0 saturated heterocycles. The fourth-order valence-electron chi connectivity index (χ4n) is 1.52. The molecule has 0 aliphatic rings. The van der Waals surface area contributed by atoms with Gasteiger partial charge in [-0.25, -0.2) is 13.1 Å². The molecule has 148 valence electrons. The summed E-state index contributed by atoms with van der Waals surface area (Å²) < 4.78 is 64.2. The van der Waals surface area contributed by atoms with E-state index in [9.17, 15) is 31.5 Å². The first kappa shape index (κ1) is 22.9. The van der Waals surface area contributed by atoms with Gasteiger partial charge < -0.3 is 15.5 Å². The second-order valence-corrected chi connectivity index (χ2v) is 7.96. The molecule has 0 saturated carbocycles. The van der Waals surface area contributed by atoms with Crippen molar-refractivity contribution in [1.82, 2.24) is 4.72 Å². The van der Waals surface area contributed by atoms with Crippen LogP contribution in [0.4, 0.5) is 18.9 Å². The third-order valence-corrected chi connectivity index (χ3v) is 5.61. The van der Waals surface area contributed by atoms with Crippen molar-refractivity contribution in [1.29, 1.82) is 0 Å². The Labute approximate surface area is 157 Å². The molecule has 0 spiro atoms. The van der Waals surface area contributed by atoms with E-state index in [1.54, 1.807) is 5.32 Å². The highest BCUT2D eigenvalue weighted by molar-refractivity contribution is 7.89. The zero-order chi connectivity index (χ0) is 20.5. The minimum absolute atomic E-state index is 0.247. The Bertz CT molecular complexity index is 798. The van der Waals surface area contributed by atoms with Gasteiger partial charge in [0.1, 0.15) is 4.90 Å². The third-order valence-electron chi connectivity index (χ3n) is 3.15. The largest absolute Gasteiger partial charge is 0.426 e. The molecule has 7 nitrogen and oxygen atoms in total. The number of sulfonamides is 1. The van der Waals surface area contributed by atoms with Gasteiger partial charge in [-0.2, -0.15) is 13.2 Å². The Morgan fingerprint density at radius 3 is 2.27 bits per heavy atom. The average molecular weight is 439 g/mol. The van der Waals surface area contributed by atoms with Crippen LogP contribution in [0.1, 0.15) is 13.8 Å². The van der Waals surface area contributed by atoms with E-state index in [0.717, 1.165) is 12.1 Å². The predicted molar refractivity (Wildman–Crippen MR) is 88.6 cm³/mol. The number of nitrogens with one attached hydrogen (secondary N) is 2. The number of alkyl halides is 3. The standard InChI is InChI=1S/C13H15Cl2F3N2O5S/c1-6(21)5-19-26(24,25)8-4-3-7(9(14)10(8)15)20-11(22)12(2,23)13(16,17)18/h3-4,6,19,21,23H,5H2,1-2H3,(H,20,22)/t6-,12-/m1/s1. The molecule has 0 radical (unpaired) electrons. The number of hydrogen-bond donors (Lipinski definition) is 4. The summed E-state index contributed by atoms with van der Waals surface area (Å²) in [7, 11) is -4.17. The van der Waals surface area contributed by atoms with Gasteiger partial charge in [-0.15, -0.1) is 0 Å². The van der Waals surface area contributed by atoms with E-state index >= 15 is 0 Å². The smallest absolute Gasteiger partial charge is 0.392 e. The van der Waals surface area contributed by atoms with Crippen LogP contribution in [0, 0.1) is 0 Å². The first-order chi connectivity index (χ1) is 11.6. The molecule has 0 aromatic heterocycles. The summed E-state index contributed by atoms with van der Waals surface area (Å²) in [5.74, 6) is -1.83. The number of carbonyl (C=O) groups is 1. The van der Waals surface area contributed by atoms with E-state index in [0.29, 0.717) is 0 Å². The van der Waals surface area contributed by atoms with Gasteiger partial charge in [0.15, 0.2) is 0 Å². The predicted octanol–water partition coefficient (Wildman–Crippen LogP) is 1.90. The normalized spacial score (nSPS) is 16.0. The Morgan fingerprint density at radius 1 is 1.27 bits per heavy atom. The average Bonchev–Trinajstić information content (AvgIpc) is 2.48. The topological polar surface area (TPSA) is 116 Å². The van der Waals surface area contributed by atoms with Crippen LogP contribution >= 0.6 is 23.2 Å². The number of carbonyl (C=O) groups excluding carboxylic acids is 1. The molecule has 0 aliphatic heterocycles. The number of benzene rings is 1. The van der Waals surface area contributed by atoms with E-state index in [2.05, 4.69) is 4.72 Å². The van der Waals surface area contributed by atoms with Crippen molar-refractivity contribution in [3.05, 3.63) is 22.2 Å². The Morgan fingerprint density at radius 2 is 1.81 bits per heavy atom. The van der Waals surface area contributed by atoms with E-state index in [1.807, 2.05) is 0 Å². The molecule has 26 heavy (non-hydrogen) atoms. The number of hydrogen-bond acceptors (Lipinski definition) is 5.